The molecule has 5 nitrogen and oxygen atoms in total. The number of phosphoric acid groups is 1. The van der Waals surface area contributed by atoms with Gasteiger partial charge in [0.25, 0.3) is 0 Å². The van der Waals surface area contributed by atoms with E-state index in [-0.39, 0.29) is 106 Å². The van der Waals surface area contributed by atoms with Gasteiger partial charge in [0.1, 0.15) is 0 Å². The van der Waals surface area contributed by atoms with E-state index in [9.17, 15) is 4.57 Å². The third kappa shape index (κ3) is 16.2. The molecule has 4 N–H and O–H groups in total. The van der Waals surface area contributed by atoms with Gasteiger partial charge in [-0.25, -0.2) is 15.1 Å². The van der Waals surface area contributed by atoms with Gasteiger partial charge < -0.3 is 12.6 Å². The van der Waals surface area contributed by atoms with Gasteiger partial charge in [-0.3, -0.25) is 0 Å². The first-order valence-corrected chi connectivity index (χ1v) is 2.53. The van der Waals surface area contributed by atoms with Gasteiger partial charge in [0, 0.05) is 0 Å². The van der Waals surface area contributed by atoms with Gasteiger partial charge in [0.05, 0.1) is 0 Å². The zero-order valence-corrected chi connectivity index (χ0v) is 11.9. The van der Waals surface area contributed by atoms with Crippen LogP contribution in [0, 0.1) is 0 Å². The quantitative estimate of drug-likeness (QED) is 0.219. The van der Waals surface area contributed by atoms with Crippen LogP contribution in [-0.4, -0.2) is 9.79 Å². The Bertz CT molecular complexity index is 85.3. The van der Waals surface area contributed by atoms with E-state index in [1.54, 1.807) is 0 Å². The Balaban J connectivity index is -0.0000000208. The molecule has 0 fully saturated rings. The Labute approximate surface area is 135 Å². The molecule has 0 saturated heterocycles. The van der Waals surface area contributed by atoms with Gasteiger partial charge in [-0.05, 0) is 0 Å². The van der Waals surface area contributed by atoms with Crippen molar-refractivity contribution in [3.63, 3.8) is 0 Å². The molecule has 0 rings (SSSR count). The molecule has 0 aliphatic rings. The molecule has 0 spiro atoms. The number of hydrogen-bond acceptors (Lipinski definition) is 3. The second-order valence-corrected chi connectivity index (χ2v) is 1.79. The first-order chi connectivity index (χ1) is 2.56. The first kappa shape index (κ1) is 17.4. The molecule has 8 heteroatoms. The molecule has 0 aliphatic carbocycles. The summed E-state index contributed by atoms with van der Waals surface area (Å²) in [7, 11) is -4.37. The minimum atomic E-state index is -4.37. The van der Waals surface area contributed by atoms with Crippen molar-refractivity contribution in [1.82, 2.24) is 0 Å². The van der Waals surface area contributed by atoms with Crippen molar-refractivity contribution in [3.8, 4) is 0 Å². The summed E-state index contributed by atoms with van der Waals surface area (Å²) in [6, 6.07) is 0. The molecule has 0 atom stereocenters. The van der Waals surface area contributed by atoms with Crippen LogP contribution in [0.15, 0.2) is 0 Å². The topological polar surface area (TPSA) is 92.8 Å². The molecular weight excluding hydrogens is 187 g/mol. The van der Waals surface area contributed by atoms with Crippen LogP contribution in [0.3, 0.4) is 0 Å². The number of rotatable bonds is 1. The molecule has 0 amide bonds. The van der Waals surface area contributed by atoms with E-state index < -0.39 is 7.82 Å². The van der Waals surface area contributed by atoms with E-state index in [4.69, 9.17) is 9.79 Å². The van der Waals surface area contributed by atoms with Gasteiger partial charge in [-0.2, -0.15) is 0 Å². The maximum atomic E-state index is 9.35. The summed E-state index contributed by atoms with van der Waals surface area (Å²) >= 11 is 0. The molecule has 0 aromatic rings. The van der Waals surface area contributed by atoms with Crippen LogP contribution in [0.5, 0.6) is 0 Å². The fraction of sp³-hybridized carbons (Fsp3) is 0. The summed E-state index contributed by atoms with van der Waals surface area (Å²) in [5.74, 6) is 4.04. The van der Waals surface area contributed by atoms with Crippen LogP contribution in [0.4, 0.5) is 0 Å². The van der Waals surface area contributed by atoms with E-state index in [2.05, 4.69) is 10.5 Å². The molecule has 0 aromatic carbocycles. The molecular formula is H6K2NO4P. The zero-order valence-electron chi connectivity index (χ0n) is 6.74. The molecule has 0 saturated carbocycles. The van der Waals surface area contributed by atoms with E-state index in [1.165, 1.54) is 0 Å². The van der Waals surface area contributed by atoms with Crippen LogP contribution < -0.4 is 109 Å². The van der Waals surface area contributed by atoms with Crippen molar-refractivity contribution in [2.45, 2.75) is 0 Å². The minimum Gasteiger partial charge on any atom is -1.00 e. The van der Waals surface area contributed by atoms with Crippen LogP contribution in [-0.2, 0) is 9.19 Å². The van der Waals surface area contributed by atoms with E-state index in [0.717, 1.165) is 0 Å². The normalized spacial score (nSPS) is 8.88. The molecule has 0 aromatic heterocycles. The fourth-order valence-corrected chi connectivity index (χ4v) is 0. The van der Waals surface area contributed by atoms with Gasteiger partial charge in [-0.15, -0.1) is 0 Å². The Morgan fingerprint density at radius 3 is 1.62 bits per heavy atom. The Hall–Kier alpha value is 3.34. The summed E-state index contributed by atoms with van der Waals surface area (Å²) in [4.78, 5) is 15.2. The molecule has 0 aliphatic heterocycles. The molecule has 8 heavy (non-hydrogen) atoms. The second kappa shape index (κ2) is 8.44. The fourth-order valence-electron chi connectivity index (χ4n) is 0. The first-order valence-electron chi connectivity index (χ1n) is 1.00. The van der Waals surface area contributed by atoms with Gasteiger partial charge in [-0.1, -0.05) is 0 Å². The standard InChI is InChI=1S/2K.H4NO4P.2H/c;;1-5-6(2,3)4;;/h;;1H2,(H2,2,3,4);;/q2*+1;;2*-1. The summed E-state index contributed by atoms with van der Waals surface area (Å²) in [6.45, 7) is 0. The SMILES string of the molecule is NOP(=O)(O)O.[H-].[H-].[K+].[K+]. The third-order valence-corrected chi connectivity index (χ3v) is 0.412. The summed E-state index contributed by atoms with van der Waals surface area (Å²) < 4.78 is 12.5. The number of nitrogens with two attached hydrogens (primary N) is 1. The zero-order chi connectivity index (χ0) is 5.21. The number of hydrogen-bond donors (Lipinski definition) is 3. The maximum Gasteiger partial charge on any atom is 1.00 e. The van der Waals surface area contributed by atoms with Crippen LogP contribution >= 0.6 is 7.82 Å². The molecule has 0 radical (unpaired) electrons. The van der Waals surface area contributed by atoms with Crippen molar-refractivity contribution in [3.05, 3.63) is 0 Å². The molecule has 0 unspecified atom stereocenters. The minimum absolute atomic E-state index is 0. The summed E-state index contributed by atoms with van der Waals surface area (Å²) in [6.07, 6.45) is 0. The van der Waals surface area contributed by atoms with Gasteiger partial charge in [0.2, 0.25) is 0 Å². The van der Waals surface area contributed by atoms with E-state index in [1.807, 2.05) is 0 Å². The smallest absolute Gasteiger partial charge is 1.00 e. The Morgan fingerprint density at radius 2 is 1.62 bits per heavy atom. The second-order valence-electron chi connectivity index (χ2n) is 0.596. The van der Waals surface area contributed by atoms with Crippen LogP contribution in [0.1, 0.15) is 2.85 Å². The average Bonchev–Trinajstić information content (AvgIpc) is 1.35. The van der Waals surface area contributed by atoms with Crippen molar-refractivity contribution < 1.29 is 125 Å². The van der Waals surface area contributed by atoms with Crippen molar-refractivity contribution in [2.24, 2.45) is 5.90 Å². The third-order valence-electron chi connectivity index (χ3n) is 0.137. The predicted molar refractivity (Wildman–Crippen MR) is 19.5 cm³/mol. The van der Waals surface area contributed by atoms with Crippen molar-refractivity contribution >= 4 is 7.82 Å². The maximum absolute atomic E-state index is 9.35. The van der Waals surface area contributed by atoms with Gasteiger partial charge in [0.15, 0.2) is 0 Å². The van der Waals surface area contributed by atoms with E-state index >= 15 is 0 Å². The van der Waals surface area contributed by atoms with Crippen LogP contribution in [0.25, 0.3) is 0 Å². The molecule has 0 heterocycles. The largest absolute Gasteiger partial charge is 1.00 e. The van der Waals surface area contributed by atoms with Gasteiger partial charge >= 0.3 is 111 Å². The average molecular weight is 193 g/mol. The van der Waals surface area contributed by atoms with Crippen molar-refractivity contribution in [2.75, 3.05) is 0 Å². The predicted octanol–water partition coefficient (Wildman–Crippen LogP) is -6.80. The Kier molecular flexibility index (Phi) is 18.4. The van der Waals surface area contributed by atoms with E-state index in [0.29, 0.717) is 0 Å². The molecule has 42 valence electrons. The van der Waals surface area contributed by atoms with Crippen LogP contribution in [0.2, 0.25) is 0 Å². The van der Waals surface area contributed by atoms with Crippen molar-refractivity contribution in [1.29, 1.82) is 0 Å². The monoisotopic (exact) mass is 193 g/mol. The summed E-state index contributed by atoms with van der Waals surface area (Å²) in [5, 5.41) is 0. The Morgan fingerprint density at radius 1 is 1.50 bits per heavy atom. The summed E-state index contributed by atoms with van der Waals surface area (Å²) in [5.41, 5.74) is 0. The molecule has 0 bridgehead atoms.